The van der Waals surface area contributed by atoms with Crippen molar-refractivity contribution in [1.82, 2.24) is 0 Å². The molecule has 0 saturated carbocycles. The van der Waals surface area contributed by atoms with E-state index in [4.69, 9.17) is 9.84 Å². The van der Waals surface area contributed by atoms with Gasteiger partial charge in [0.05, 0.1) is 13.2 Å². The zero-order valence-corrected chi connectivity index (χ0v) is 7.26. The van der Waals surface area contributed by atoms with Crippen LogP contribution in [0.5, 0.6) is 0 Å². The Morgan fingerprint density at radius 3 is 3.09 bits per heavy atom. The standard InChI is InChI=1S/C7H12O3S/c1-5(4-8)11-6-2-3-10-7(6)9/h5-6,8H,2-4H2,1H3. The third-order valence-corrected chi connectivity index (χ3v) is 2.91. The highest BCUT2D eigenvalue weighted by Crippen LogP contribution is 2.25. The van der Waals surface area contributed by atoms with Crippen LogP contribution < -0.4 is 0 Å². The summed E-state index contributed by atoms with van der Waals surface area (Å²) in [6.45, 7) is 2.55. The molecule has 1 fully saturated rings. The fourth-order valence-corrected chi connectivity index (χ4v) is 1.98. The molecule has 4 heteroatoms. The van der Waals surface area contributed by atoms with Crippen LogP contribution in [0.15, 0.2) is 0 Å². The number of thioether (sulfide) groups is 1. The van der Waals surface area contributed by atoms with E-state index < -0.39 is 0 Å². The summed E-state index contributed by atoms with van der Waals surface area (Å²) in [5.41, 5.74) is 0. The molecule has 2 atom stereocenters. The molecule has 1 rings (SSSR count). The third kappa shape index (κ3) is 2.38. The predicted molar refractivity (Wildman–Crippen MR) is 43.5 cm³/mol. The van der Waals surface area contributed by atoms with E-state index in [9.17, 15) is 4.79 Å². The second kappa shape index (κ2) is 3.97. The Labute approximate surface area is 70.1 Å². The normalized spacial score (nSPS) is 26.7. The highest BCUT2D eigenvalue weighted by atomic mass is 32.2. The first-order chi connectivity index (χ1) is 5.24. The monoisotopic (exact) mass is 176 g/mol. The van der Waals surface area contributed by atoms with Crippen LogP contribution in [0.4, 0.5) is 0 Å². The summed E-state index contributed by atoms with van der Waals surface area (Å²) >= 11 is 1.49. The number of hydrogen-bond acceptors (Lipinski definition) is 4. The number of carbonyl (C=O) groups excluding carboxylic acids is 1. The van der Waals surface area contributed by atoms with Crippen LogP contribution >= 0.6 is 11.8 Å². The van der Waals surface area contributed by atoms with Gasteiger partial charge in [0.15, 0.2) is 0 Å². The number of cyclic esters (lactones) is 1. The highest BCUT2D eigenvalue weighted by Gasteiger charge is 2.28. The molecule has 0 aromatic rings. The second-order valence-corrected chi connectivity index (χ2v) is 4.22. The molecule has 0 aromatic heterocycles. The van der Waals surface area contributed by atoms with E-state index in [-0.39, 0.29) is 23.1 Å². The minimum Gasteiger partial charge on any atom is -0.465 e. The average Bonchev–Trinajstić information content (AvgIpc) is 2.37. The topological polar surface area (TPSA) is 46.5 Å². The van der Waals surface area contributed by atoms with E-state index in [0.717, 1.165) is 6.42 Å². The van der Waals surface area contributed by atoms with Gasteiger partial charge >= 0.3 is 5.97 Å². The first kappa shape index (κ1) is 8.87. The van der Waals surface area contributed by atoms with E-state index >= 15 is 0 Å². The quantitative estimate of drug-likeness (QED) is 0.633. The summed E-state index contributed by atoms with van der Waals surface area (Å²) in [6, 6.07) is 0. The number of aliphatic hydroxyl groups excluding tert-OH is 1. The van der Waals surface area contributed by atoms with Crippen LogP contribution in [0.3, 0.4) is 0 Å². The van der Waals surface area contributed by atoms with Gasteiger partial charge in [0, 0.05) is 11.7 Å². The lowest BCUT2D eigenvalue weighted by molar-refractivity contribution is -0.137. The molecule has 0 bridgehead atoms. The lowest BCUT2D eigenvalue weighted by atomic mass is 10.4. The Bertz CT molecular complexity index is 149. The Morgan fingerprint density at radius 1 is 1.91 bits per heavy atom. The van der Waals surface area contributed by atoms with Crippen molar-refractivity contribution >= 4 is 17.7 Å². The molecular formula is C7H12O3S. The van der Waals surface area contributed by atoms with Gasteiger partial charge < -0.3 is 9.84 Å². The number of esters is 1. The Morgan fingerprint density at radius 2 is 2.64 bits per heavy atom. The zero-order valence-electron chi connectivity index (χ0n) is 6.45. The number of hydrogen-bond donors (Lipinski definition) is 1. The molecule has 0 aliphatic carbocycles. The summed E-state index contributed by atoms with van der Waals surface area (Å²) in [7, 11) is 0. The van der Waals surface area contributed by atoms with Crippen molar-refractivity contribution in [2.75, 3.05) is 13.2 Å². The van der Waals surface area contributed by atoms with Crippen LogP contribution in [0.1, 0.15) is 13.3 Å². The maximum Gasteiger partial charge on any atom is 0.319 e. The molecule has 3 nitrogen and oxygen atoms in total. The largest absolute Gasteiger partial charge is 0.465 e. The van der Waals surface area contributed by atoms with E-state index in [1.54, 1.807) is 0 Å². The van der Waals surface area contributed by atoms with Crippen molar-refractivity contribution in [2.24, 2.45) is 0 Å². The van der Waals surface area contributed by atoms with Gasteiger partial charge in [-0.2, -0.15) is 0 Å². The van der Waals surface area contributed by atoms with Gasteiger partial charge in [-0.05, 0) is 0 Å². The van der Waals surface area contributed by atoms with Crippen LogP contribution in [0.25, 0.3) is 0 Å². The van der Waals surface area contributed by atoms with E-state index in [1.165, 1.54) is 11.8 Å². The first-order valence-corrected chi connectivity index (χ1v) is 4.61. The summed E-state index contributed by atoms with van der Waals surface area (Å²) in [5, 5.41) is 8.79. The molecule has 64 valence electrons. The van der Waals surface area contributed by atoms with Gasteiger partial charge in [-0.25, -0.2) is 0 Å². The minimum atomic E-state index is -0.129. The average molecular weight is 176 g/mol. The fourth-order valence-electron chi connectivity index (χ4n) is 0.924. The van der Waals surface area contributed by atoms with Crippen molar-refractivity contribution in [1.29, 1.82) is 0 Å². The molecule has 1 aliphatic heterocycles. The van der Waals surface area contributed by atoms with E-state index in [2.05, 4.69) is 0 Å². The number of ether oxygens (including phenoxy) is 1. The van der Waals surface area contributed by atoms with Gasteiger partial charge in [-0.3, -0.25) is 4.79 Å². The molecule has 0 radical (unpaired) electrons. The third-order valence-electron chi connectivity index (χ3n) is 1.54. The highest BCUT2D eigenvalue weighted by molar-refractivity contribution is 8.01. The summed E-state index contributed by atoms with van der Waals surface area (Å²) in [6.07, 6.45) is 0.786. The van der Waals surface area contributed by atoms with Gasteiger partial charge in [0.25, 0.3) is 0 Å². The van der Waals surface area contributed by atoms with E-state index in [1.807, 2.05) is 6.92 Å². The number of rotatable bonds is 3. The van der Waals surface area contributed by atoms with Crippen LogP contribution in [0.2, 0.25) is 0 Å². The summed E-state index contributed by atoms with van der Waals surface area (Å²) in [5.74, 6) is -0.129. The second-order valence-electron chi connectivity index (χ2n) is 2.57. The van der Waals surface area contributed by atoms with Crippen molar-refractivity contribution in [3.63, 3.8) is 0 Å². The SMILES string of the molecule is CC(CO)SC1CCOC1=O. The van der Waals surface area contributed by atoms with Crippen LogP contribution in [-0.2, 0) is 9.53 Å². The molecule has 2 unspecified atom stereocenters. The maximum atomic E-state index is 10.9. The Kier molecular flexibility index (Phi) is 3.20. The summed E-state index contributed by atoms with van der Waals surface area (Å²) < 4.78 is 4.77. The number of aliphatic hydroxyl groups is 1. The first-order valence-electron chi connectivity index (χ1n) is 3.67. The van der Waals surface area contributed by atoms with E-state index in [0.29, 0.717) is 6.61 Å². The lowest BCUT2D eigenvalue weighted by Crippen LogP contribution is -2.15. The van der Waals surface area contributed by atoms with Gasteiger partial charge in [-0.15, -0.1) is 11.8 Å². The molecule has 1 saturated heterocycles. The molecule has 1 N–H and O–H groups in total. The molecule has 0 amide bonds. The van der Waals surface area contributed by atoms with Gasteiger partial charge in [0.1, 0.15) is 5.25 Å². The van der Waals surface area contributed by atoms with Gasteiger partial charge in [-0.1, -0.05) is 6.92 Å². The smallest absolute Gasteiger partial charge is 0.319 e. The molecular weight excluding hydrogens is 164 g/mol. The molecule has 0 spiro atoms. The Balaban J connectivity index is 2.30. The van der Waals surface area contributed by atoms with Crippen molar-refractivity contribution in [3.8, 4) is 0 Å². The molecule has 11 heavy (non-hydrogen) atoms. The minimum absolute atomic E-state index is 0.0443. The van der Waals surface area contributed by atoms with Crippen molar-refractivity contribution in [3.05, 3.63) is 0 Å². The lowest BCUT2D eigenvalue weighted by Gasteiger charge is -2.09. The van der Waals surface area contributed by atoms with Gasteiger partial charge in [0.2, 0.25) is 0 Å². The summed E-state index contributed by atoms with van der Waals surface area (Å²) in [4.78, 5) is 10.9. The molecule has 0 aromatic carbocycles. The van der Waals surface area contributed by atoms with Crippen LogP contribution in [0, 0.1) is 0 Å². The predicted octanol–water partition coefficient (Wildman–Crippen LogP) is 0.416. The Hall–Kier alpha value is -0.220. The molecule has 1 heterocycles. The van der Waals surface area contributed by atoms with Crippen molar-refractivity contribution < 1.29 is 14.6 Å². The van der Waals surface area contributed by atoms with Crippen molar-refractivity contribution in [2.45, 2.75) is 23.8 Å². The number of carbonyl (C=O) groups is 1. The fraction of sp³-hybridized carbons (Fsp3) is 0.857. The molecule has 1 aliphatic rings. The van der Waals surface area contributed by atoms with Crippen LogP contribution in [-0.4, -0.2) is 34.8 Å². The maximum absolute atomic E-state index is 10.9. The zero-order chi connectivity index (χ0) is 8.27.